The molecule has 5 heteroatoms. The van der Waals surface area contributed by atoms with Crippen molar-refractivity contribution in [2.45, 2.75) is 6.61 Å². The smallest absolute Gasteiger partial charge is 0.141 e. The summed E-state index contributed by atoms with van der Waals surface area (Å²) >= 11 is 6.54. The second-order valence-electron chi connectivity index (χ2n) is 3.63. The van der Waals surface area contributed by atoms with E-state index < -0.39 is 0 Å². The van der Waals surface area contributed by atoms with E-state index >= 15 is 0 Å². The Kier molecular flexibility index (Phi) is 4.37. The van der Waals surface area contributed by atoms with E-state index in [0.29, 0.717) is 20.4 Å². The predicted octanol–water partition coefficient (Wildman–Crippen LogP) is 4.64. The van der Waals surface area contributed by atoms with Crippen molar-refractivity contribution in [2.75, 3.05) is 0 Å². The van der Waals surface area contributed by atoms with Gasteiger partial charge in [0.2, 0.25) is 0 Å². The number of aliphatic hydroxyl groups excluding tert-OH is 1. The maximum Gasteiger partial charge on any atom is 0.141 e. The number of hydrogen-bond acceptors (Lipinski definition) is 2. The van der Waals surface area contributed by atoms with Gasteiger partial charge < -0.3 is 9.84 Å². The molecule has 0 saturated carbocycles. The molecule has 0 bridgehead atoms. The van der Waals surface area contributed by atoms with Crippen LogP contribution in [0.25, 0.3) is 0 Å². The maximum atomic E-state index is 13.2. The van der Waals surface area contributed by atoms with Crippen molar-refractivity contribution in [1.82, 2.24) is 0 Å². The zero-order chi connectivity index (χ0) is 13.1. The van der Waals surface area contributed by atoms with Gasteiger partial charge in [-0.3, -0.25) is 0 Å². The summed E-state index contributed by atoms with van der Waals surface area (Å²) < 4.78 is 20.1. The van der Waals surface area contributed by atoms with E-state index in [4.69, 9.17) is 9.84 Å². The fraction of sp³-hybridized carbons (Fsp3) is 0.0769. The van der Waals surface area contributed by atoms with Gasteiger partial charge in [-0.25, -0.2) is 4.39 Å². The first kappa shape index (κ1) is 13.5. The van der Waals surface area contributed by atoms with Crippen LogP contribution in [0.3, 0.4) is 0 Å². The summed E-state index contributed by atoms with van der Waals surface area (Å²) in [5, 5.41) is 9.00. The minimum absolute atomic E-state index is 0.0373. The Hall–Kier alpha value is -0.910. The lowest BCUT2D eigenvalue weighted by Gasteiger charge is -2.09. The number of halogens is 3. The van der Waals surface area contributed by atoms with Crippen molar-refractivity contribution in [3.63, 3.8) is 0 Å². The molecule has 2 aromatic rings. The molecule has 0 aliphatic carbocycles. The molecular formula is C13H9Br2FO2. The third-order valence-electron chi connectivity index (χ3n) is 2.24. The lowest BCUT2D eigenvalue weighted by molar-refractivity contribution is 0.281. The average molecular weight is 376 g/mol. The number of ether oxygens (including phenoxy) is 1. The molecule has 0 saturated heterocycles. The van der Waals surface area contributed by atoms with Gasteiger partial charge in [0.1, 0.15) is 17.3 Å². The van der Waals surface area contributed by atoms with Crippen LogP contribution in [0.1, 0.15) is 5.56 Å². The summed E-state index contributed by atoms with van der Waals surface area (Å²) in [4.78, 5) is 0. The van der Waals surface area contributed by atoms with Gasteiger partial charge in [0.25, 0.3) is 0 Å². The van der Waals surface area contributed by atoms with Crippen LogP contribution >= 0.6 is 31.9 Å². The van der Waals surface area contributed by atoms with Crippen LogP contribution in [0.2, 0.25) is 0 Å². The summed E-state index contributed by atoms with van der Waals surface area (Å²) in [7, 11) is 0. The molecule has 0 radical (unpaired) electrons. The fourth-order valence-corrected chi connectivity index (χ4v) is 2.39. The lowest BCUT2D eigenvalue weighted by atomic mass is 10.2. The van der Waals surface area contributed by atoms with Crippen molar-refractivity contribution in [2.24, 2.45) is 0 Å². The lowest BCUT2D eigenvalue weighted by Crippen LogP contribution is -1.89. The van der Waals surface area contributed by atoms with Crippen molar-refractivity contribution >= 4 is 31.9 Å². The molecule has 1 N–H and O–H groups in total. The Labute approximate surface area is 121 Å². The Morgan fingerprint density at radius 1 is 1.11 bits per heavy atom. The van der Waals surface area contributed by atoms with Crippen LogP contribution < -0.4 is 4.74 Å². The highest BCUT2D eigenvalue weighted by Crippen LogP contribution is 2.32. The highest BCUT2D eigenvalue weighted by atomic mass is 79.9. The van der Waals surface area contributed by atoms with E-state index in [1.165, 1.54) is 12.1 Å². The van der Waals surface area contributed by atoms with Crippen molar-refractivity contribution < 1.29 is 14.2 Å². The quantitative estimate of drug-likeness (QED) is 0.847. The van der Waals surface area contributed by atoms with Gasteiger partial charge in [0.15, 0.2) is 0 Å². The predicted molar refractivity (Wildman–Crippen MR) is 74.2 cm³/mol. The third-order valence-corrected chi connectivity index (χ3v) is 3.32. The number of aliphatic hydroxyl groups is 1. The van der Waals surface area contributed by atoms with Crippen LogP contribution in [0.4, 0.5) is 4.39 Å². The van der Waals surface area contributed by atoms with Gasteiger partial charge in [-0.2, -0.15) is 0 Å². The molecule has 0 amide bonds. The van der Waals surface area contributed by atoms with Gasteiger partial charge >= 0.3 is 0 Å². The molecule has 0 fully saturated rings. The van der Waals surface area contributed by atoms with Crippen LogP contribution in [-0.2, 0) is 6.61 Å². The van der Waals surface area contributed by atoms with Gasteiger partial charge in [0.05, 0.1) is 11.1 Å². The molecule has 2 nitrogen and oxygen atoms in total. The number of benzene rings is 2. The molecule has 0 aromatic heterocycles. The van der Waals surface area contributed by atoms with Crippen LogP contribution in [0.5, 0.6) is 11.5 Å². The molecule has 2 aromatic carbocycles. The number of hydrogen-bond donors (Lipinski definition) is 1. The first-order valence-electron chi connectivity index (χ1n) is 5.12. The maximum absolute atomic E-state index is 13.2. The summed E-state index contributed by atoms with van der Waals surface area (Å²) in [6.07, 6.45) is 0. The summed E-state index contributed by atoms with van der Waals surface area (Å²) in [6, 6.07) is 9.55. The first-order chi connectivity index (χ1) is 8.58. The summed E-state index contributed by atoms with van der Waals surface area (Å²) in [5.41, 5.74) is 0.773. The second-order valence-corrected chi connectivity index (χ2v) is 5.40. The van der Waals surface area contributed by atoms with Crippen LogP contribution in [0, 0.1) is 5.82 Å². The minimum atomic E-state index is -0.373. The van der Waals surface area contributed by atoms with E-state index in [1.54, 1.807) is 24.3 Å². The van der Waals surface area contributed by atoms with Gasteiger partial charge in [0, 0.05) is 10.5 Å². The molecule has 0 heterocycles. The Balaban J connectivity index is 2.28. The Morgan fingerprint density at radius 2 is 1.89 bits per heavy atom. The average Bonchev–Trinajstić information content (AvgIpc) is 2.30. The third kappa shape index (κ3) is 3.31. The van der Waals surface area contributed by atoms with E-state index in [2.05, 4.69) is 31.9 Å². The molecule has 18 heavy (non-hydrogen) atoms. The highest BCUT2D eigenvalue weighted by Gasteiger charge is 2.06. The zero-order valence-corrected chi connectivity index (χ0v) is 12.3. The van der Waals surface area contributed by atoms with Gasteiger partial charge in [-0.15, -0.1) is 0 Å². The topological polar surface area (TPSA) is 29.5 Å². The Bertz CT molecular complexity index is 553. The van der Waals surface area contributed by atoms with Gasteiger partial charge in [-0.1, -0.05) is 22.0 Å². The summed E-state index contributed by atoms with van der Waals surface area (Å²) in [5.74, 6) is 0.589. The van der Waals surface area contributed by atoms with Gasteiger partial charge in [-0.05, 0) is 45.8 Å². The van der Waals surface area contributed by atoms with E-state index in [0.717, 1.165) is 5.56 Å². The standard InChI is InChI=1S/C13H9Br2FO2/c14-9-4-10(16)6-11(5-9)18-13-2-1-8(7-17)3-12(13)15/h1-6,17H,7H2. The van der Waals surface area contributed by atoms with Crippen molar-refractivity contribution in [1.29, 1.82) is 0 Å². The molecule has 0 unspecified atom stereocenters. The van der Waals surface area contributed by atoms with E-state index in [1.807, 2.05) is 0 Å². The molecule has 0 spiro atoms. The van der Waals surface area contributed by atoms with Crippen molar-refractivity contribution in [3.05, 3.63) is 56.7 Å². The monoisotopic (exact) mass is 374 g/mol. The molecule has 0 atom stereocenters. The van der Waals surface area contributed by atoms with Crippen LogP contribution in [-0.4, -0.2) is 5.11 Å². The Morgan fingerprint density at radius 3 is 2.50 bits per heavy atom. The van der Waals surface area contributed by atoms with E-state index in [9.17, 15) is 4.39 Å². The normalized spacial score (nSPS) is 10.4. The van der Waals surface area contributed by atoms with E-state index in [-0.39, 0.29) is 12.4 Å². The largest absolute Gasteiger partial charge is 0.456 e. The molecule has 94 valence electrons. The first-order valence-corrected chi connectivity index (χ1v) is 6.70. The molecule has 2 rings (SSSR count). The number of rotatable bonds is 3. The zero-order valence-electron chi connectivity index (χ0n) is 9.16. The summed E-state index contributed by atoms with van der Waals surface area (Å²) in [6.45, 7) is -0.0373. The molecule has 0 aliphatic heterocycles. The molecule has 0 aliphatic rings. The second kappa shape index (κ2) is 5.82. The molecular weight excluding hydrogens is 367 g/mol. The SMILES string of the molecule is OCc1ccc(Oc2cc(F)cc(Br)c2)c(Br)c1. The highest BCUT2D eigenvalue weighted by molar-refractivity contribution is 9.10. The fourth-order valence-electron chi connectivity index (χ4n) is 1.44. The minimum Gasteiger partial charge on any atom is -0.456 e. The van der Waals surface area contributed by atoms with Crippen LogP contribution in [0.15, 0.2) is 45.3 Å². The van der Waals surface area contributed by atoms with Crippen molar-refractivity contribution in [3.8, 4) is 11.5 Å².